The number of carbonyl (C=O) groups is 1. The standard InChI is InChI=1S/C13H16O5S/c1-2-19(17,18)11-10(9-6-4-3-5-7-9)13(11,8-14)12(15)16/h3-7,10-11,14H,2,8H2,1H3,(H,15,16)/t10-,11-,13+/m0/s1. The Kier molecular flexibility index (Phi) is 3.40. The Bertz CT molecular complexity index is 580. The van der Waals surface area contributed by atoms with Gasteiger partial charge in [-0.1, -0.05) is 37.3 Å². The zero-order valence-corrected chi connectivity index (χ0v) is 11.3. The van der Waals surface area contributed by atoms with Gasteiger partial charge in [-0.25, -0.2) is 8.42 Å². The minimum absolute atomic E-state index is 0.129. The average Bonchev–Trinajstić information content (AvgIpc) is 3.11. The van der Waals surface area contributed by atoms with Crippen LogP contribution in [0.5, 0.6) is 0 Å². The van der Waals surface area contributed by atoms with Crippen molar-refractivity contribution >= 4 is 15.8 Å². The number of sulfone groups is 1. The number of hydrogen-bond donors (Lipinski definition) is 2. The van der Waals surface area contributed by atoms with Crippen LogP contribution in [-0.2, 0) is 14.6 Å². The maximum absolute atomic E-state index is 12.0. The Morgan fingerprint density at radius 2 is 1.89 bits per heavy atom. The van der Waals surface area contributed by atoms with E-state index in [9.17, 15) is 23.4 Å². The van der Waals surface area contributed by atoms with Gasteiger partial charge in [-0.05, 0) is 5.56 Å². The SMILES string of the molecule is CCS(=O)(=O)[C@H]1[C@H](c2ccccc2)[C@@]1(CO)C(=O)O. The van der Waals surface area contributed by atoms with Crippen molar-refractivity contribution in [2.45, 2.75) is 18.1 Å². The summed E-state index contributed by atoms with van der Waals surface area (Å²) < 4.78 is 24.1. The van der Waals surface area contributed by atoms with Crippen LogP contribution in [0.25, 0.3) is 0 Å². The van der Waals surface area contributed by atoms with Gasteiger partial charge in [0.1, 0.15) is 5.41 Å². The number of benzene rings is 1. The van der Waals surface area contributed by atoms with Gasteiger partial charge in [0, 0.05) is 11.7 Å². The molecule has 0 unspecified atom stereocenters. The van der Waals surface area contributed by atoms with Crippen molar-refractivity contribution in [3.05, 3.63) is 35.9 Å². The predicted octanol–water partition coefficient (Wildman–Crippen LogP) is 0.650. The highest BCUT2D eigenvalue weighted by molar-refractivity contribution is 7.92. The lowest BCUT2D eigenvalue weighted by Crippen LogP contribution is -2.28. The molecular formula is C13H16O5S. The summed E-state index contributed by atoms with van der Waals surface area (Å²) in [5, 5.41) is 17.7. The van der Waals surface area contributed by atoms with Crippen LogP contribution in [-0.4, -0.2) is 42.2 Å². The first-order valence-electron chi connectivity index (χ1n) is 6.02. The van der Waals surface area contributed by atoms with Crippen LogP contribution in [0, 0.1) is 5.41 Å². The second-order valence-corrected chi connectivity index (χ2v) is 7.18. The monoisotopic (exact) mass is 284 g/mol. The molecule has 1 aliphatic rings. The van der Waals surface area contributed by atoms with Crippen molar-refractivity contribution in [3.8, 4) is 0 Å². The first-order chi connectivity index (χ1) is 8.91. The van der Waals surface area contributed by atoms with Crippen molar-refractivity contribution in [1.82, 2.24) is 0 Å². The number of carboxylic acids is 1. The van der Waals surface area contributed by atoms with Crippen LogP contribution in [0.3, 0.4) is 0 Å². The summed E-state index contributed by atoms with van der Waals surface area (Å²) in [4.78, 5) is 11.4. The Balaban J connectivity index is 2.51. The number of carboxylic acid groups (broad SMARTS) is 1. The molecule has 1 aromatic carbocycles. The number of hydrogen-bond acceptors (Lipinski definition) is 4. The second-order valence-electron chi connectivity index (χ2n) is 4.76. The van der Waals surface area contributed by atoms with Gasteiger partial charge in [0.2, 0.25) is 0 Å². The van der Waals surface area contributed by atoms with Gasteiger partial charge in [0.25, 0.3) is 0 Å². The molecule has 0 aliphatic heterocycles. The molecule has 104 valence electrons. The van der Waals surface area contributed by atoms with E-state index in [0.29, 0.717) is 5.56 Å². The lowest BCUT2D eigenvalue weighted by molar-refractivity contribution is -0.145. The molecule has 0 aromatic heterocycles. The molecule has 6 heteroatoms. The Morgan fingerprint density at radius 3 is 2.32 bits per heavy atom. The fourth-order valence-corrected chi connectivity index (χ4v) is 4.81. The molecule has 0 spiro atoms. The number of aliphatic carboxylic acids is 1. The summed E-state index contributed by atoms with van der Waals surface area (Å²) in [6.07, 6.45) is 0. The highest BCUT2D eigenvalue weighted by atomic mass is 32.2. The molecule has 1 aromatic rings. The van der Waals surface area contributed by atoms with Gasteiger partial charge in [-0.2, -0.15) is 0 Å². The molecule has 0 amide bonds. The molecule has 5 nitrogen and oxygen atoms in total. The number of rotatable bonds is 5. The molecule has 1 fully saturated rings. The van der Waals surface area contributed by atoms with Crippen molar-refractivity contribution in [2.24, 2.45) is 5.41 Å². The molecule has 19 heavy (non-hydrogen) atoms. The smallest absolute Gasteiger partial charge is 0.314 e. The highest BCUT2D eigenvalue weighted by Gasteiger charge is 2.75. The topological polar surface area (TPSA) is 91.7 Å². The molecule has 0 bridgehead atoms. The zero-order valence-electron chi connectivity index (χ0n) is 10.5. The van der Waals surface area contributed by atoms with Gasteiger partial charge < -0.3 is 10.2 Å². The summed E-state index contributed by atoms with van der Waals surface area (Å²) in [5.74, 6) is -2.07. The van der Waals surface area contributed by atoms with Crippen molar-refractivity contribution in [3.63, 3.8) is 0 Å². The normalized spacial score (nSPS) is 30.0. The van der Waals surface area contributed by atoms with Crippen molar-refractivity contribution in [2.75, 3.05) is 12.4 Å². The van der Waals surface area contributed by atoms with E-state index in [1.54, 1.807) is 30.3 Å². The van der Waals surface area contributed by atoms with E-state index in [-0.39, 0.29) is 5.75 Å². The van der Waals surface area contributed by atoms with E-state index < -0.39 is 39.0 Å². The summed E-state index contributed by atoms with van der Waals surface area (Å²) in [5.41, 5.74) is -0.961. The van der Waals surface area contributed by atoms with Crippen LogP contribution in [0.1, 0.15) is 18.4 Å². The van der Waals surface area contributed by atoms with E-state index in [0.717, 1.165) is 0 Å². The largest absolute Gasteiger partial charge is 0.481 e. The third kappa shape index (κ3) is 1.95. The van der Waals surface area contributed by atoms with Crippen molar-refractivity contribution < 1.29 is 23.4 Å². The summed E-state index contributed by atoms with van der Waals surface area (Å²) in [6, 6.07) is 8.63. The van der Waals surface area contributed by atoms with E-state index in [4.69, 9.17) is 0 Å². The van der Waals surface area contributed by atoms with E-state index in [1.807, 2.05) is 0 Å². The second kappa shape index (κ2) is 4.61. The van der Waals surface area contributed by atoms with Gasteiger partial charge in [0.15, 0.2) is 9.84 Å². The third-order valence-corrected chi connectivity index (χ3v) is 6.14. The molecule has 0 heterocycles. The Hall–Kier alpha value is -1.40. The molecule has 1 aliphatic carbocycles. The fourth-order valence-electron chi connectivity index (χ4n) is 2.76. The summed E-state index contributed by atoms with van der Waals surface area (Å²) >= 11 is 0. The summed E-state index contributed by atoms with van der Waals surface area (Å²) in [6.45, 7) is 0.811. The third-order valence-electron chi connectivity index (χ3n) is 3.86. The minimum atomic E-state index is -3.53. The van der Waals surface area contributed by atoms with Gasteiger partial charge in [-0.3, -0.25) is 4.79 Å². The number of aliphatic hydroxyl groups excluding tert-OH is 1. The first-order valence-corrected chi connectivity index (χ1v) is 7.74. The van der Waals surface area contributed by atoms with E-state index in [1.165, 1.54) is 6.92 Å². The average molecular weight is 284 g/mol. The first kappa shape index (κ1) is 14.0. The maximum Gasteiger partial charge on any atom is 0.314 e. The van der Waals surface area contributed by atoms with Gasteiger partial charge in [0.05, 0.1) is 11.9 Å². The lowest BCUT2D eigenvalue weighted by atomic mass is 10.0. The Morgan fingerprint density at radius 1 is 1.32 bits per heavy atom. The van der Waals surface area contributed by atoms with Gasteiger partial charge in [-0.15, -0.1) is 0 Å². The quantitative estimate of drug-likeness (QED) is 0.828. The minimum Gasteiger partial charge on any atom is -0.481 e. The fraction of sp³-hybridized carbons (Fsp3) is 0.462. The molecule has 1 saturated carbocycles. The molecule has 3 atom stereocenters. The molecule has 0 radical (unpaired) electrons. The molecule has 2 rings (SSSR count). The maximum atomic E-state index is 12.0. The molecule has 2 N–H and O–H groups in total. The summed E-state index contributed by atoms with van der Waals surface area (Å²) in [7, 11) is -3.53. The van der Waals surface area contributed by atoms with Gasteiger partial charge >= 0.3 is 5.97 Å². The number of aliphatic hydroxyl groups is 1. The molecular weight excluding hydrogens is 268 g/mol. The highest BCUT2D eigenvalue weighted by Crippen LogP contribution is 2.63. The van der Waals surface area contributed by atoms with Crippen LogP contribution < -0.4 is 0 Å². The van der Waals surface area contributed by atoms with E-state index >= 15 is 0 Å². The van der Waals surface area contributed by atoms with Crippen LogP contribution >= 0.6 is 0 Å². The van der Waals surface area contributed by atoms with E-state index in [2.05, 4.69) is 0 Å². The predicted molar refractivity (Wildman–Crippen MR) is 69.6 cm³/mol. The van der Waals surface area contributed by atoms with Crippen LogP contribution in [0.2, 0.25) is 0 Å². The molecule has 0 saturated heterocycles. The Labute approximate surface area is 111 Å². The lowest BCUT2D eigenvalue weighted by Gasteiger charge is -2.08. The van der Waals surface area contributed by atoms with Crippen LogP contribution in [0.15, 0.2) is 30.3 Å². The van der Waals surface area contributed by atoms with Crippen LogP contribution in [0.4, 0.5) is 0 Å². The zero-order chi connectivity index (χ0) is 14.3. The van der Waals surface area contributed by atoms with Crippen molar-refractivity contribution in [1.29, 1.82) is 0 Å².